The van der Waals surface area contributed by atoms with Crippen molar-refractivity contribution in [2.45, 2.75) is 13.3 Å². The van der Waals surface area contributed by atoms with E-state index >= 15 is 0 Å². The summed E-state index contributed by atoms with van der Waals surface area (Å²) in [5.41, 5.74) is 0.550. The van der Waals surface area contributed by atoms with Crippen molar-refractivity contribution in [3.8, 4) is 5.75 Å². The van der Waals surface area contributed by atoms with Crippen LogP contribution in [0.5, 0.6) is 5.75 Å². The molecule has 6 heteroatoms. The van der Waals surface area contributed by atoms with Gasteiger partial charge in [0.1, 0.15) is 5.75 Å². The second-order valence-corrected chi connectivity index (χ2v) is 7.17. The van der Waals surface area contributed by atoms with Crippen molar-refractivity contribution in [1.82, 2.24) is 5.32 Å². The predicted molar refractivity (Wildman–Crippen MR) is 76.7 cm³/mol. The molecule has 0 spiro atoms. The third-order valence-corrected chi connectivity index (χ3v) is 5.14. The van der Waals surface area contributed by atoms with Gasteiger partial charge in [0.2, 0.25) is 0 Å². The molecule has 1 unspecified atom stereocenters. The van der Waals surface area contributed by atoms with Gasteiger partial charge in [-0.1, -0.05) is 0 Å². The summed E-state index contributed by atoms with van der Waals surface area (Å²) in [5.74, 6) is 0.989. The van der Waals surface area contributed by atoms with Crippen LogP contribution in [-0.4, -0.2) is 39.0 Å². The van der Waals surface area contributed by atoms with Gasteiger partial charge in [0, 0.05) is 12.1 Å². The molecule has 2 rings (SSSR count). The predicted octanol–water partition coefficient (Wildman–Crippen LogP) is 1.25. The Balaban J connectivity index is 1.86. The Hall–Kier alpha value is -1.56. The fourth-order valence-corrected chi connectivity index (χ4v) is 4.10. The summed E-state index contributed by atoms with van der Waals surface area (Å²) in [6.45, 7) is 2.89. The van der Waals surface area contributed by atoms with Gasteiger partial charge in [-0.05, 0) is 43.5 Å². The molecule has 110 valence electrons. The first-order chi connectivity index (χ1) is 9.50. The van der Waals surface area contributed by atoms with Crippen LogP contribution in [0.1, 0.15) is 23.7 Å². The maximum atomic E-state index is 11.9. The average molecular weight is 297 g/mol. The van der Waals surface area contributed by atoms with Gasteiger partial charge in [0.25, 0.3) is 5.91 Å². The highest BCUT2D eigenvalue weighted by atomic mass is 32.2. The van der Waals surface area contributed by atoms with E-state index in [0.717, 1.165) is 5.75 Å². The fraction of sp³-hybridized carbons (Fsp3) is 0.500. The van der Waals surface area contributed by atoms with E-state index in [0.29, 0.717) is 25.1 Å². The molecule has 1 fully saturated rings. The van der Waals surface area contributed by atoms with E-state index in [4.69, 9.17) is 4.74 Å². The van der Waals surface area contributed by atoms with E-state index in [2.05, 4.69) is 5.32 Å². The molecule has 0 aliphatic carbocycles. The standard InChI is InChI=1S/C14H19NO4S/c1-2-19-13-5-3-12(4-6-13)14(16)15-9-11-7-8-20(17,18)10-11/h3-6,11H,2,7-10H2,1H3,(H,15,16). The first-order valence-corrected chi connectivity index (χ1v) is 8.54. The highest BCUT2D eigenvalue weighted by molar-refractivity contribution is 7.91. The smallest absolute Gasteiger partial charge is 0.251 e. The molecule has 0 saturated carbocycles. The molecule has 1 N–H and O–H groups in total. The Morgan fingerprint density at radius 1 is 1.35 bits per heavy atom. The lowest BCUT2D eigenvalue weighted by molar-refractivity contribution is 0.0948. The third-order valence-electron chi connectivity index (χ3n) is 3.31. The molecule has 1 heterocycles. The van der Waals surface area contributed by atoms with Crippen LogP contribution in [-0.2, 0) is 9.84 Å². The molecule has 0 aromatic heterocycles. The van der Waals surface area contributed by atoms with Crippen molar-refractivity contribution >= 4 is 15.7 Å². The quantitative estimate of drug-likeness (QED) is 0.888. The number of amides is 1. The Morgan fingerprint density at radius 3 is 2.60 bits per heavy atom. The number of ether oxygens (including phenoxy) is 1. The van der Waals surface area contributed by atoms with Crippen molar-refractivity contribution in [3.63, 3.8) is 0 Å². The molecule has 5 nitrogen and oxygen atoms in total. The maximum Gasteiger partial charge on any atom is 0.251 e. The Kier molecular flexibility index (Phi) is 4.65. The normalized spacial score (nSPS) is 20.6. The third kappa shape index (κ3) is 3.96. The molecule has 20 heavy (non-hydrogen) atoms. The molecule has 1 saturated heterocycles. The molecular formula is C14H19NO4S. The highest BCUT2D eigenvalue weighted by Crippen LogP contribution is 2.17. The van der Waals surface area contributed by atoms with Crippen LogP contribution in [0.4, 0.5) is 0 Å². The zero-order valence-corrected chi connectivity index (χ0v) is 12.3. The van der Waals surface area contributed by atoms with Crippen molar-refractivity contribution < 1.29 is 17.9 Å². The van der Waals surface area contributed by atoms with Crippen LogP contribution < -0.4 is 10.1 Å². The molecule has 1 atom stereocenters. The molecule has 0 radical (unpaired) electrons. The van der Waals surface area contributed by atoms with E-state index in [1.54, 1.807) is 24.3 Å². The topological polar surface area (TPSA) is 72.5 Å². The van der Waals surface area contributed by atoms with Crippen molar-refractivity contribution in [2.24, 2.45) is 5.92 Å². The fourth-order valence-electron chi connectivity index (χ4n) is 2.24. The number of hydrogen-bond acceptors (Lipinski definition) is 4. The number of carbonyl (C=O) groups is 1. The number of carbonyl (C=O) groups excluding carboxylic acids is 1. The maximum absolute atomic E-state index is 11.9. The van der Waals surface area contributed by atoms with Crippen LogP contribution in [0.25, 0.3) is 0 Å². The van der Waals surface area contributed by atoms with Crippen LogP contribution in [0, 0.1) is 5.92 Å². The molecule has 1 aliphatic rings. The van der Waals surface area contributed by atoms with Crippen LogP contribution in [0.3, 0.4) is 0 Å². The SMILES string of the molecule is CCOc1ccc(C(=O)NCC2CCS(=O)(=O)C2)cc1. The van der Waals surface area contributed by atoms with Gasteiger partial charge in [0.05, 0.1) is 18.1 Å². The van der Waals surface area contributed by atoms with E-state index < -0.39 is 9.84 Å². The lowest BCUT2D eigenvalue weighted by Crippen LogP contribution is -2.29. The first kappa shape index (κ1) is 14.8. The van der Waals surface area contributed by atoms with Gasteiger partial charge in [-0.3, -0.25) is 4.79 Å². The van der Waals surface area contributed by atoms with Gasteiger partial charge < -0.3 is 10.1 Å². The minimum Gasteiger partial charge on any atom is -0.494 e. The Bertz CT molecular complexity index is 565. The van der Waals surface area contributed by atoms with E-state index in [9.17, 15) is 13.2 Å². The van der Waals surface area contributed by atoms with Gasteiger partial charge in [0.15, 0.2) is 9.84 Å². The second kappa shape index (κ2) is 6.26. The minimum atomic E-state index is -2.89. The largest absolute Gasteiger partial charge is 0.494 e. The van der Waals surface area contributed by atoms with Crippen LogP contribution in [0.15, 0.2) is 24.3 Å². The van der Waals surface area contributed by atoms with Crippen molar-refractivity contribution in [2.75, 3.05) is 24.7 Å². The lowest BCUT2D eigenvalue weighted by Gasteiger charge is -2.10. The zero-order valence-electron chi connectivity index (χ0n) is 11.5. The van der Waals surface area contributed by atoms with Gasteiger partial charge in [-0.15, -0.1) is 0 Å². The molecule has 0 bridgehead atoms. The summed E-state index contributed by atoms with van der Waals surface area (Å²) in [6.07, 6.45) is 0.631. The summed E-state index contributed by atoms with van der Waals surface area (Å²) in [4.78, 5) is 11.9. The monoisotopic (exact) mass is 297 g/mol. The van der Waals surface area contributed by atoms with Crippen LogP contribution >= 0.6 is 0 Å². The number of sulfone groups is 1. The molecule has 1 aromatic carbocycles. The molecule has 1 aliphatic heterocycles. The van der Waals surface area contributed by atoms with Crippen molar-refractivity contribution in [3.05, 3.63) is 29.8 Å². The molecule has 1 aromatic rings. The Labute approximate surface area is 119 Å². The first-order valence-electron chi connectivity index (χ1n) is 6.71. The molecule has 1 amide bonds. The number of hydrogen-bond donors (Lipinski definition) is 1. The van der Waals surface area contributed by atoms with E-state index in [-0.39, 0.29) is 23.3 Å². The van der Waals surface area contributed by atoms with E-state index in [1.807, 2.05) is 6.92 Å². The summed E-state index contributed by atoms with van der Waals surface area (Å²) in [7, 11) is -2.89. The van der Waals surface area contributed by atoms with Gasteiger partial charge in [-0.2, -0.15) is 0 Å². The zero-order chi connectivity index (χ0) is 14.6. The summed E-state index contributed by atoms with van der Waals surface area (Å²) >= 11 is 0. The van der Waals surface area contributed by atoms with Gasteiger partial charge >= 0.3 is 0 Å². The minimum absolute atomic E-state index is 0.0339. The number of nitrogens with one attached hydrogen (secondary N) is 1. The number of benzene rings is 1. The van der Waals surface area contributed by atoms with Crippen LogP contribution in [0.2, 0.25) is 0 Å². The van der Waals surface area contributed by atoms with Crippen molar-refractivity contribution in [1.29, 1.82) is 0 Å². The Morgan fingerprint density at radius 2 is 2.05 bits per heavy atom. The summed E-state index contributed by atoms with van der Waals surface area (Å²) < 4.78 is 28.0. The average Bonchev–Trinajstić information content (AvgIpc) is 2.77. The highest BCUT2D eigenvalue weighted by Gasteiger charge is 2.27. The summed E-state index contributed by atoms with van der Waals surface area (Å²) in [5, 5.41) is 2.79. The lowest BCUT2D eigenvalue weighted by atomic mass is 10.1. The number of rotatable bonds is 5. The second-order valence-electron chi connectivity index (χ2n) is 4.94. The summed E-state index contributed by atoms with van der Waals surface area (Å²) in [6, 6.07) is 6.90. The van der Waals surface area contributed by atoms with Gasteiger partial charge in [-0.25, -0.2) is 8.42 Å². The molecular weight excluding hydrogens is 278 g/mol. The van der Waals surface area contributed by atoms with E-state index in [1.165, 1.54) is 0 Å².